The van der Waals surface area contributed by atoms with Crippen LogP contribution in [-0.4, -0.2) is 27.3 Å². The second-order valence-electron chi connectivity index (χ2n) is 4.22. The first-order chi connectivity index (χ1) is 8.45. The molecule has 2 rings (SSSR count). The normalized spacial score (nSPS) is 14.7. The number of fused-ring (bicyclic) bond motifs is 1. The van der Waals surface area contributed by atoms with Crippen molar-refractivity contribution < 1.29 is 13.2 Å². The van der Waals surface area contributed by atoms with Crippen LogP contribution in [0.2, 0.25) is 0 Å². The maximum atomic E-state index is 12.0. The molecule has 98 valence electrons. The van der Waals surface area contributed by atoms with Crippen LogP contribution in [0.15, 0.2) is 18.2 Å². The molecule has 18 heavy (non-hydrogen) atoms. The van der Waals surface area contributed by atoms with Crippen molar-refractivity contribution in [3.05, 3.63) is 29.3 Å². The van der Waals surface area contributed by atoms with Crippen LogP contribution in [0.4, 0.5) is 5.69 Å². The van der Waals surface area contributed by atoms with Crippen molar-refractivity contribution in [2.24, 2.45) is 0 Å². The molecule has 0 radical (unpaired) electrons. The molecule has 0 amide bonds. The van der Waals surface area contributed by atoms with Gasteiger partial charge in [-0.1, -0.05) is 6.92 Å². The van der Waals surface area contributed by atoms with E-state index < -0.39 is 10.2 Å². The number of Topliss-reactive ketones (excluding diaryl/α,β-unsaturated/α-hetero) is 1. The molecule has 1 N–H and O–H groups in total. The monoisotopic (exact) mass is 268 g/mol. The average Bonchev–Trinajstić information content (AvgIpc) is 2.71. The van der Waals surface area contributed by atoms with E-state index in [4.69, 9.17) is 0 Å². The van der Waals surface area contributed by atoms with Gasteiger partial charge < -0.3 is 0 Å². The summed E-state index contributed by atoms with van der Waals surface area (Å²) < 4.78 is 27.8. The summed E-state index contributed by atoms with van der Waals surface area (Å²) in [4.78, 5) is 11.3. The van der Waals surface area contributed by atoms with Crippen molar-refractivity contribution in [2.75, 3.05) is 17.4 Å². The van der Waals surface area contributed by atoms with Crippen molar-refractivity contribution in [3.63, 3.8) is 0 Å². The van der Waals surface area contributed by atoms with Crippen LogP contribution in [0.3, 0.4) is 0 Å². The van der Waals surface area contributed by atoms with Crippen molar-refractivity contribution in [1.29, 1.82) is 0 Å². The average molecular weight is 268 g/mol. The smallest absolute Gasteiger partial charge is 0.295 e. The Bertz CT molecular complexity index is 581. The van der Waals surface area contributed by atoms with Crippen LogP contribution in [0.5, 0.6) is 0 Å². The van der Waals surface area contributed by atoms with Crippen LogP contribution < -0.4 is 9.03 Å². The van der Waals surface area contributed by atoms with E-state index in [2.05, 4.69) is 4.72 Å². The zero-order valence-corrected chi connectivity index (χ0v) is 11.3. The number of nitrogens with zero attached hydrogens (tertiary/aromatic N) is 1. The summed E-state index contributed by atoms with van der Waals surface area (Å²) in [7, 11) is -3.46. The van der Waals surface area contributed by atoms with E-state index >= 15 is 0 Å². The van der Waals surface area contributed by atoms with Crippen LogP contribution in [0.1, 0.15) is 29.8 Å². The van der Waals surface area contributed by atoms with Gasteiger partial charge in [0.25, 0.3) is 0 Å². The molecule has 0 aromatic heterocycles. The molecule has 1 aromatic rings. The van der Waals surface area contributed by atoms with E-state index in [-0.39, 0.29) is 5.78 Å². The molecule has 0 atom stereocenters. The molecule has 1 aliphatic heterocycles. The molecule has 0 saturated carbocycles. The van der Waals surface area contributed by atoms with Crippen LogP contribution in [0, 0.1) is 0 Å². The molecule has 1 aromatic carbocycles. The first-order valence-corrected chi connectivity index (χ1v) is 7.31. The maximum Gasteiger partial charge on any atom is 0.301 e. The number of hydrogen-bond acceptors (Lipinski definition) is 3. The minimum Gasteiger partial charge on any atom is -0.295 e. The second kappa shape index (κ2) is 4.70. The largest absolute Gasteiger partial charge is 0.301 e. The fourth-order valence-corrected chi connectivity index (χ4v) is 3.39. The van der Waals surface area contributed by atoms with Gasteiger partial charge in [0, 0.05) is 18.7 Å². The highest BCUT2D eigenvalue weighted by Crippen LogP contribution is 2.30. The molecule has 0 bridgehead atoms. The fraction of sp³-hybridized carbons (Fsp3) is 0.417. The molecule has 0 spiro atoms. The minimum atomic E-state index is -3.46. The van der Waals surface area contributed by atoms with E-state index in [1.165, 1.54) is 11.2 Å². The van der Waals surface area contributed by atoms with Gasteiger partial charge in [-0.3, -0.25) is 9.10 Å². The van der Waals surface area contributed by atoms with Crippen molar-refractivity contribution in [1.82, 2.24) is 4.72 Å². The molecule has 1 aliphatic rings. The van der Waals surface area contributed by atoms with Crippen molar-refractivity contribution in [2.45, 2.75) is 20.3 Å². The predicted molar refractivity (Wildman–Crippen MR) is 70.1 cm³/mol. The van der Waals surface area contributed by atoms with Crippen LogP contribution in [-0.2, 0) is 16.6 Å². The Kier molecular flexibility index (Phi) is 3.41. The zero-order valence-electron chi connectivity index (χ0n) is 10.4. The number of benzene rings is 1. The molecule has 5 nitrogen and oxygen atoms in total. The predicted octanol–water partition coefficient (Wildman–Crippen LogP) is 1.11. The Labute approximate surface area is 107 Å². The summed E-state index contributed by atoms with van der Waals surface area (Å²) in [6.45, 7) is 4.03. The molecular weight excluding hydrogens is 252 g/mol. The summed E-state index contributed by atoms with van der Waals surface area (Å²) in [5, 5.41) is 0. The summed E-state index contributed by atoms with van der Waals surface area (Å²) in [5.41, 5.74) is 2.20. The molecule has 0 fully saturated rings. The number of hydrogen-bond donors (Lipinski definition) is 1. The summed E-state index contributed by atoms with van der Waals surface area (Å²) in [5.74, 6) is -0.00853. The lowest BCUT2D eigenvalue weighted by Gasteiger charge is -2.19. The lowest BCUT2D eigenvalue weighted by Crippen LogP contribution is -2.39. The second-order valence-corrected chi connectivity index (χ2v) is 5.90. The first-order valence-electron chi connectivity index (χ1n) is 5.87. The molecule has 6 heteroatoms. The maximum absolute atomic E-state index is 12.0. The highest BCUT2D eigenvalue weighted by Gasteiger charge is 2.28. The van der Waals surface area contributed by atoms with Gasteiger partial charge in [-0.15, -0.1) is 0 Å². The van der Waals surface area contributed by atoms with Crippen LogP contribution >= 0.6 is 0 Å². The highest BCUT2D eigenvalue weighted by atomic mass is 32.2. The highest BCUT2D eigenvalue weighted by molar-refractivity contribution is 7.90. The van der Waals surface area contributed by atoms with Gasteiger partial charge in [-0.05, 0) is 37.1 Å². The minimum absolute atomic E-state index is 0.00853. The van der Waals surface area contributed by atoms with Gasteiger partial charge in [-0.2, -0.15) is 13.1 Å². The quantitative estimate of drug-likeness (QED) is 0.832. The van der Waals surface area contributed by atoms with Gasteiger partial charge in [0.05, 0.1) is 5.69 Å². The van der Waals surface area contributed by atoms with Crippen molar-refractivity contribution in [3.8, 4) is 0 Å². The third-order valence-corrected chi connectivity index (χ3v) is 4.57. The van der Waals surface area contributed by atoms with E-state index in [1.54, 1.807) is 25.1 Å². The number of carbonyl (C=O) groups is 1. The number of anilines is 1. The molecule has 0 saturated heterocycles. The number of carbonyl (C=O) groups excluding carboxylic acids is 1. The molecule has 0 aliphatic carbocycles. The Hall–Kier alpha value is -1.40. The van der Waals surface area contributed by atoms with Crippen LogP contribution in [0.25, 0.3) is 0 Å². The van der Waals surface area contributed by atoms with E-state index in [1.807, 2.05) is 0 Å². The molecule has 1 heterocycles. The third-order valence-electron chi connectivity index (χ3n) is 2.96. The Morgan fingerprint density at radius 2 is 2.17 bits per heavy atom. The van der Waals surface area contributed by atoms with E-state index in [0.29, 0.717) is 30.8 Å². The van der Waals surface area contributed by atoms with Gasteiger partial charge in [-0.25, -0.2) is 0 Å². The zero-order chi connectivity index (χ0) is 13.3. The Morgan fingerprint density at radius 3 is 2.78 bits per heavy atom. The number of ketones is 1. The lowest BCUT2D eigenvalue weighted by molar-refractivity contribution is 0.101. The van der Waals surface area contributed by atoms with Gasteiger partial charge in [0.1, 0.15) is 0 Å². The Morgan fingerprint density at radius 1 is 1.44 bits per heavy atom. The van der Waals surface area contributed by atoms with Gasteiger partial charge in [0.2, 0.25) is 0 Å². The first kappa shape index (κ1) is 13.0. The fourth-order valence-electron chi connectivity index (χ4n) is 2.10. The standard InChI is InChI=1S/C12H16N2O3S/c1-3-13-18(16,17)14-7-6-11-8-10(9(2)15)4-5-12(11)14/h4-5,8,13H,3,6-7H2,1-2H3. The Balaban J connectivity index is 2.38. The van der Waals surface area contributed by atoms with E-state index in [0.717, 1.165) is 5.56 Å². The van der Waals surface area contributed by atoms with Gasteiger partial charge >= 0.3 is 10.2 Å². The molecular formula is C12H16N2O3S. The SMILES string of the molecule is CCNS(=O)(=O)N1CCc2cc(C(C)=O)ccc21. The van der Waals surface area contributed by atoms with E-state index in [9.17, 15) is 13.2 Å². The topological polar surface area (TPSA) is 66.5 Å². The number of rotatable bonds is 4. The summed E-state index contributed by atoms with van der Waals surface area (Å²) in [6.07, 6.45) is 0.640. The van der Waals surface area contributed by atoms with Gasteiger partial charge in [0.15, 0.2) is 5.78 Å². The third kappa shape index (κ3) is 2.26. The summed E-state index contributed by atoms with van der Waals surface area (Å²) >= 11 is 0. The lowest BCUT2D eigenvalue weighted by atomic mass is 10.1. The molecule has 0 unspecified atom stereocenters. The number of nitrogens with one attached hydrogen (secondary N) is 1. The van der Waals surface area contributed by atoms with Crippen molar-refractivity contribution >= 4 is 21.7 Å². The summed E-state index contributed by atoms with van der Waals surface area (Å²) in [6, 6.07) is 5.15.